The van der Waals surface area contributed by atoms with Crippen LogP contribution in [-0.2, 0) is 4.79 Å². The van der Waals surface area contributed by atoms with Gasteiger partial charge in [-0.25, -0.2) is 4.98 Å². The minimum absolute atomic E-state index is 0.0561. The Balaban J connectivity index is 1.68. The summed E-state index contributed by atoms with van der Waals surface area (Å²) < 4.78 is 7.02. The van der Waals surface area contributed by atoms with Gasteiger partial charge in [0.15, 0.2) is 11.0 Å². The molecule has 0 atom stereocenters. The van der Waals surface area contributed by atoms with Crippen LogP contribution in [0.4, 0.5) is 5.82 Å². The molecule has 0 spiro atoms. The van der Waals surface area contributed by atoms with Crippen molar-refractivity contribution in [2.24, 2.45) is 0 Å². The van der Waals surface area contributed by atoms with E-state index in [2.05, 4.69) is 15.5 Å². The van der Waals surface area contributed by atoms with E-state index in [4.69, 9.17) is 16.1 Å². The van der Waals surface area contributed by atoms with Crippen LogP contribution in [0.15, 0.2) is 50.2 Å². The summed E-state index contributed by atoms with van der Waals surface area (Å²) in [4.78, 5) is 30.0. The van der Waals surface area contributed by atoms with E-state index in [0.29, 0.717) is 37.7 Å². The van der Waals surface area contributed by atoms with E-state index < -0.39 is 0 Å². The van der Waals surface area contributed by atoms with Gasteiger partial charge < -0.3 is 9.84 Å². The number of hydrogen-bond acceptors (Lipinski definition) is 7. The number of nitrogens with one attached hydrogen (secondary N) is 1. The van der Waals surface area contributed by atoms with Crippen LogP contribution in [0.1, 0.15) is 11.3 Å². The van der Waals surface area contributed by atoms with Crippen molar-refractivity contribution < 1.29 is 9.32 Å². The molecular formula is C19H15ClN4O3S2. The molecule has 0 saturated carbocycles. The Hall–Kier alpha value is -2.62. The van der Waals surface area contributed by atoms with E-state index in [1.807, 2.05) is 18.4 Å². The maximum absolute atomic E-state index is 13.1. The average molecular weight is 447 g/mol. The number of benzene rings is 1. The fraction of sp³-hybridized carbons (Fsp3) is 0.158. The summed E-state index contributed by atoms with van der Waals surface area (Å²) in [6, 6.07) is 8.75. The van der Waals surface area contributed by atoms with E-state index in [1.54, 1.807) is 31.2 Å². The Morgan fingerprint density at radius 1 is 1.31 bits per heavy atom. The van der Waals surface area contributed by atoms with Gasteiger partial charge in [-0.1, -0.05) is 28.5 Å². The van der Waals surface area contributed by atoms with Gasteiger partial charge in [-0.2, -0.15) is 0 Å². The number of fused-ring (bicyclic) bond motifs is 1. The summed E-state index contributed by atoms with van der Waals surface area (Å²) in [6.07, 6.45) is 0. The molecule has 1 amide bonds. The van der Waals surface area contributed by atoms with Crippen molar-refractivity contribution in [1.29, 1.82) is 0 Å². The fourth-order valence-corrected chi connectivity index (χ4v) is 4.41. The Labute approximate surface area is 178 Å². The number of amides is 1. The maximum Gasteiger partial charge on any atom is 0.276 e. The minimum atomic E-state index is -0.276. The average Bonchev–Trinajstić information content (AvgIpc) is 3.31. The number of thioether (sulfide) groups is 1. The minimum Gasteiger partial charge on any atom is -0.360 e. The smallest absolute Gasteiger partial charge is 0.276 e. The largest absolute Gasteiger partial charge is 0.360 e. The number of anilines is 1. The molecule has 4 rings (SSSR count). The zero-order chi connectivity index (χ0) is 20.5. The van der Waals surface area contributed by atoms with E-state index in [0.717, 1.165) is 5.56 Å². The third-order valence-electron chi connectivity index (χ3n) is 4.08. The monoisotopic (exact) mass is 446 g/mol. The van der Waals surface area contributed by atoms with Crippen molar-refractivity contribution in [1.82, 2.24) is 14.7 Å². The van der Waals surface area contributed by atoms with E-state index in [9.17, 15) is 9.59 Å². The summed E-state index contributed by atoms with van der Waals surface area (Å²) in [6.45, 7) is 3.61. The lowest BCUT2D eigenvalue weighted by atomic mass is 10.2. The van der Waals surface area contributed by atoms with E-state index >= 15 is 0 Å². The Morgan fingerprint density at radius 3 is 2.86 bits per heavy atom. The predicted molar refractivity (Wildman–Crippen MR) is 116 cm³/mol. The van der Waals surface area contributed by atoms with Crippen LogP contribution in [0, 0.1) is 13.8 Å². The van der Waals surface area contributed by atoms with Crippen molar-refractivity contribution >= 4 is 56.6 Å². The normalized spacial score (nSPS) is 11.1. The van der Waals surface area contributed by atoms with Gasteiger partial charge >= 0.3 is 0 Å². The number of rotatable bonds is 5. The van der Waals surface area contributed by atoms with Gasteiger partial charge in [0.25, 0.3) is 5.56 Å². The molecular weight excluding hydrogens is 432 g/mol. The zero-order valence-corrected chi connectivity index (χ0v) is 17.8. The van der Waals surface area contributed by atoms with Crippen LogP contribution in [0.3, 0.4) is 0 Å². The predicted octanol–water partition coefficient (Wildman–Crippen LogP) is 4.44. The Morgan fingerprint density at radius 2 is 2.14 bits per heavy atom. The Kier molecular flexibility index (Phi) is 5.44. The molecule has 0 saturated heterocycles. The molecule has 0 aliphatic carbocycles. The third kappa shape index (κ3) is 4.07. The zero-order valence-electron chi connectivity index (χ0n) is 15.4. The summed E-state index contributed by atoms with van der Waals surface area (Å²) in [5.74, 6) is 0.729. The number of hydrogen-bond donors (Lipinski definition) is 1. The highest BCUT2D eigenvalue weighted by Crippen LogP contribution is 2.26. The molecule has 10 heteroatoms. The summed E-state index contributed by atoms with van der Waals surface area (Å²) in [5.41, 5.74) is 1.92. The second-order valence-corrected chi connectivity index (χ2v) is 8.53. The molecule has 0 unspecified atom stereocenters. The second kappa shape index (κ2) is 8.02. The SMILES string of the molecule is Cc1cc(NC(=O)CSc2nc3ccsc3c(=O)n2-c2ccc(Cl)c(C)c2)no1. The number of aromatic nitrogens is 3. The van der Waals surface area contributed by atoms with Gasteiger partial charge in [0.2, 0.25) is 5.91 Å². The highest BCUT2D eigenvalue weighted by molar-refractivity contribution is 7.99. The van der Waals surface area contributed by atoms with E-state index in [1.165, 1.54) is 27.7 Å². The molecule has 3 heterocycles. The number of aryl methyl sites for hydroxylation is 2. The molecule has 3 aromatic heterocycles. The van der Waals surface area contributed by atoms with Crippen LogP contribution in [0.25, 0.3) is 15.9 Å². The number of nitrogens with zero attached hydrogens (tertiary/aromatic N) is 3. The van der Waals surface area contributed by atoms with Gasteiger partial charge in [0.1, 0.15) is 10.5 Å². The standard InChI is InChI=1S/C19H15ClN4O3S2/c1-10-7-12(3-4-13(10)20)24-18(26)17-14(5-6-28-17)21-19(24)29-9-16(25)22-15-8-11(2)27-23-15/h3-8H,9H2,1-2H3,(H,22,23,25). The van der Waals surface area contributed by atoms with Crippen LogP contribution in [-0.4, -0.2) is 26.4 Å². The maximum atomic E-state index is 13.1. The van der Waals surface area contributed by atoms with Crippen molar-refractivity contribution in [2.45, 2.75) is 19.0 Å². The number of carbonyl (C=O) groups is 1. The molecule has 1 N–H and O–H groups in total. The number of halogens is 1. The molecule has 7 nitrogen and oxygen atoms in total. The van der Waals surface area contributed by atoms with Crippen molar-refractivity contribution in [3.05, 3.63) is 62.4 Å². The van der Waals surface area contributed by atoms with Gasteiger partial charge in [-0.3, -0.25) is 14.2 Å². The molecule has 4 aromatic rings. The first-order chi connectivity index (χ1) is 13.9. The third-order valence-corrected chi connectivity index (χ3v) is 6.33. The number of thiophene rings is 1. The molecule has 0 aliphatic rings. The molecule has 148 valence electrons. The van der Waals surface area contributed by atoms with E-state index in [-0.39, 0.29) is 17.2 Å². The molecule has 29 heavy (non-hydrogen) atoms. The van der Waals surface area contributed by atoms with Gasteiger partial charge in [-0.05, 0) is 49.1 Å². The fourth-order valence-electron chi connectivity index (χ4n) is 2.72. The van der Waals surface area contributed by atoms with Crippen LogP contribution in [0.2, 0.25) is 5.02 Å². The van der Waals surface area contributed by atoms with Crippen molar-refractivity contribution in [2.75, 3.05) is 11.1 Å². The van der Waals surface area contributed by atoms with Crippen LogP contribution >= 0.6 is 34.7 Å². The quantitative estimate of drug-likeness (QED) is 0.360. The van der Waals surface area contributed by atoms with Gasteiger partial charge in [-0.15, -0.1) is 11.3 Å². The highest BCUT2D eigenvalue weighted by atomic mass is 35.5. The lowest BCUT2D eigenvalue weighted by Gasteiger charge is -2.13. The number of carbonyl (C=O) groups excluding carboxylic acids is 1. The van der Waals surface area contributed by atoms with Crippen molar-refractivity contribution in [3.63, 3.8) is 0 Å². The lowest BCUT2D eigenvalue weighted by molar-refractivity contribution is -0.113. The van der Waals surface area contributed by atoms with Crippen LogP contribution < -0.4 is 10.9 Å². The molecule has 0 aliphatic heterocycles. The highest BCUT2D eigenvalue weighted by Gasteiger charge is 2.16. The second-order valence-electron chi connectivity index (χ2n) is 6.26. The van der Waals surface area contributed by atoms with Gasteiger partial charge in [0.05, 0.1) is 17.0 Å². The molecule has 1 aromatic carbocycles. The van der Waals surface area contributed by atoms with Gasteiger partial charge in [0, 0.05) is 11.1 Å². The summed E-state index contributed by atoms with van der Waals surface area (Å²) >= 11 is 8.64. The topological polar surface area (TPSA) is 90.0 Å². The first-order valence-electron chi connectivity index (χ1n) is 8.55. The first-order valence-corrected chi connectivity index (χ1v) is 10.8. The lowest BCUT2D eigenvalue weighted by Crippen LogP contribution is -2.22. The summed E-state index contributed by atoms with van der Waals surface area (Å²) in [5, 5.41) is 9.27. The molecule has 0 fully saturated rings. The Bertz CT molecular complexity index is 1280. The molecule has 0 bridgehead atoms. The summed E-state index contributed by atoms with van der Waals surface area (Å²) in [7, 11) is 0. The van der Waals surface area contributed by atoms with Crippen LogP contribution in [0.5, 0.6) is 0 Å². The van der Waals surface area contributed by atoms with Crippen molar-refractivity contribution in [3.8, 4) is 5.69 Å². The first kappa shape index (κ1) is 19.7. The molecule has 0 radical (unpaired) electrons.